The molecule has 0 aromatic heterocycles. The molecule has 3 heterocycles. The van der Waals surface area contributed by atoms with Crippen molar-refractivity contribution in [2.75, 3.05) is 14.2 Å². The number of fused-ring (bicyclic) bond motifs is 2. The average molecular weight is 851 g/mol. The summed E-state index contributed by atoms with van der Waals surface area (Å²) >= 11 is 0. The van der Waals surface area contributed by atoms with Crippen LogP contribution in [0.5, 0.6) is 0 Å². The number of aliphatic hydroxyl groups is 1. The molecule has 2 saturated heterocycles. The molecule has 4 aliphatic carbocycles. The van der Waals surface area contributed by atoms with Gasteiger partial charge in [0.05, 0.1) is 48.6 Å². The zero-order chi connectivity index (χ0) is 43.7. The largest absolute Gasteiger partial charge is 0.462 e. The molecule has 8 heteroatoms. The Morgan fingerprint density at radius 3 is 2.38 bits per heavy atom. The Kier molecular flexibility index (Phi) is 15.8. The highest BCUT2D eigenvalue weighted by Crippen LogP contribution is 2.51. The minimum atomic E-state index is -0.738. The fraction of sp³-hybridized carbons (Fsp3) is 0.868. The fourth-order valence-corrected chi connectivity index (χ4v) is 13.8. The molecule has 8 nitrogen and oxygen atoms in total. The first-order valence-electron chi connectivity index (χ1n) is 25.1. The third-order valence-electron chi connectivity index (χ3n) is 17.9. The van der Waals surface area contributed by atoms with Gasteiger partial charge in [-0.25, -0.2) is 0 Å². The van der Waals surface area contributed by atoms with E-state index in [1.54, 1.807) is 0 Å². The zero-order valence-electron chi connectivity index (χ0n) is 40.1. The third-order valence-corrected chi connectivity index (χ3v) is 17.9. The van der Waals surface area contributed by atoms with Crippen molar-refractivity contribution in [3.8, 4) is 0 Å². The molecule has 1 N–H and O–H groups in total. The molecular weight excluding hydrogens is 765 g/mol. The van der Waals surface area contributed by atoms with Gasteiger partial charge in [-0.3, -0.25) is 4.79 Å². The maximum absolute atomic E-state index is 14.4. The van der Waals surface area contributed by atoms with Crippen LogP contribution in [0.4, 0.5) is 0 Å². The molecule has 21 atom stereocenters. The summed E-state index contributed by atoms with van der Waals surface area (Å²) in [6.07, 6.45) is 22.2. The summed E-state index contributed by atoms with van der Waals surface area (Å²) in [5.41, 5.74) is 2.16. The highest BCUT2D eigenvalue weighted by molar-refractivity contribution is 5.76. The molecule has 346 valence electrons. The van der Waals surface area contributed by atoms with E-state index in [2.05, 4.69) is 73.6 Å². The maximum atomic E-state index is 14.4. The first-order valence-corrected chi connectivity index (χ1v) is 25.1. The van der Waals surface area contributed by atoms with Crippen LogP contribution in [-0.2, 0) is 33.2 Å². The third kappa shape index (κ3) is 10.5. The minimum Gasteiger partial charge on any atom is -0.462 e. The summed E-state index contributed by atoms with van der Waals surface area (Å²) in [5, 5.41) is 11.4. The molecule has 5 fully saturated rings. The van der Waals surface area contributed by atoms with Crippen molar-refractivity contribution in [3.63, 3.8) is 0 Å². The van der Waals surface area contributed by atoms with E-state index in [1.165, 1.54) is 5.57 Å². The lowest BCUT2D eigenvalue weighted by molar-refractivity contribution is -0.342. The second-order valence-corrected chi connectivity index (χ2v) is 22.1. The van der Waals surface area contributed by atoms with E-state index in [4.69, 9.17) is 28.4 Å². The van der Waals surface area contributed by atoms with Gasteiger partial charge < -0.3 is 33.5 Å². The number of aliphatic hydroxyl groups excluding tert-OH is 1. The van der Waals surface area contributed by atoms with Gasteiger partial charge in [-0.15, -0.1) is 0 Å². The minimum absolute atomic E-state index is 0.0285. The van der Waals surface area contributed by atoms with Gasteiger partial charge in [-0.1, -0.05) is 91.7 Å². The van der Waals surface area contributed by atoms with E-state index in [0.29, 0.717) is 66.1 Å². The summed E-state index contributed by atoms with van der Waals surface area (Å²) in [5.74, 6) is 2.97. The van der Waals surface area contributed by atoms with Gasteiger partial charge in [0.1, 0.15) is 6.10 Å². The number of rotatable bonds is 8. The molecule has 7 rings (SSSR count). The number of esters is 1. The van der Waals surface area contributed by atoms with Gasteiger partial charge >= 0.3 is 5.97 Å². The Morgan fingerprint density at radius 1 is 0.869 bits per heavy atom. The second kappa shape index (κ2) is 20.3. The fourth-order valence-electron chi connectivity index (χ4n) is 13.8. The SMILES string of the molecule is CC[C@H](C)[C@@H]1OC2(CC[C@@H]1C)C[C@@H]1C[C@@H](CCC(C)C(CC3C[C@@H](C)C(OC4C[C@@H](C)[C@@H](C)[C@@H](OC)C4)[C@H](OC)C3)[C@@H](C)/C=C/C=C3\CCC4C(O)C(C)=CC(C(=O)O1)C34)O2. The lowest BCUT2D eigenvalue weighted by Gasteiger charge is -2.51. The van der Waals surface area contributed by atoms with Crippen molar-refractivity contribution in [1.82, 2.24) is 0 Å². The van der Waals surface area contributed by atoms with Gasteiger partial charge in [0.25, 0.3) is 0 Å². The van der Waals surface area contributed by atoms with Crippen LogP contribution in [0.1, 0.15) is 152 Å². The van der Waals surface area contributed by atoms with E-state index >= 15 is 0 Å². The topological polar surface area (TPSA) is 92.7 Å². The van der Waals surface area contributed by atoms with Crippen LogP contribution in [0.15, 0.2) is 35.5 Å². The Bertz CT molecular complexity index is 1550. The summed E-state index contributed by atoms with van der Waals surface area (Å²) in [6, 6.07) is 0. The van der Waals surface area contributed by atoms with E-state index in [-0.39, 0.29) is 60.5 Å². The van der Waals surface area contributed by atoms with Crippen LogP contribution in [0.25, 0.3) is 0 Å². The molecule has 3 saturated carbocycles. The van der Waals surface area contributed by atoms with Crippen LogP contribution >= 0.6 is 0 Å². The molecule has 0 amide bonds. The van der Waals surface area contributed by atoms with Crippen LogP contribution in [0.2, 0.25) is 0 Å². The first-order chi connectivity index (χ1) is 29.1. The Balaban J connectivity index is 1.14. The molecule has 2 bridgehead atoms. The Hall–Kier alpha value is -1.55. The molecule has 1 spiro atoms. The summed E-state index contributed by atoms with van der Waals surface area (Å²) in [6.45, 7) is 20.8. The van der Waals surface area contributed by atoms with Crippen LogP contribution in [0, 0.1) is 71.0 Å². The predicted molar refractivity (Wildman–Crippen MR) is 242 cm³/mol. The second-order valence-electron chi connectivity index (χ2n) is 22.1. The molecule has 0 aromatic rings. The van der Waals surface area contributed by atoms with Crippen molar-refractivity contribution in [2.45, 2.75) is 207 Å². The number of carbonyl (C=O) groups excluding carboxylic acids is 1. The quantitative estimate of drug-likeness (QED) is 0.191. The number of hydrogen-bond acceptors (Lipinski definition) is 8. The number of ether oxygens (including phenoxy) is 6. The molecule has 7 aliphatic rings. The lowest BCUT2D eigenvalue weighted by atomic mass is 9.69. The normalized spacial score (nSPS) is 49.2. The standard InChI is InChI=1S/C53H86O8/c1-12-30(2)50-33(5)20-21-53(61-50)29-42-27-40(60-53)18-16-32(4)44(31(3)14-13-15-39-17-19-43-48(39)45(52(55)59-42)24-35(7)49(43)54)25-38-22-36(8)51(47(26-38)57-11)58-41-23-34(6)37(9)46(28-41)56-10/h13-15,24,30-34,36-38,40-51,54H,12,16-23,25-29H2,1-11H3/b14-13+,39-15+/t30-,31-,32?,33-,34+,36+,37+,38?,40+,41?,42-,43?,44?,45?,46-,47+,48?,49?,50-,51?,53?/m0/s1. The number of allylic oxidation sites excluding steroid dienone is 4. The van der Waals surface area contributed by atoms with E-state index in [1.807, 2.05) is 27.2 Å². The highest BCUT2D eigenvalue weighted by atomic mass is 16.7. The van der Waals surface area contributed by atoms with Gasteiger partial charge in [-0.05, 0) is 129 Å². The zero-order valence-corrected chi connectivity index (χ0v) is 40.1. The Morgan fingerprint density at radius 2 is 1.64 bits per heavy atom. The first kappa shape index (κ1) is 47.4. The number of methoxy groups -OCH3 is 2. The number of hydrogen-bond donors (Lipinski definition) is 1. The van der Waals surface area contributed by atoms with Crippen molar-refractivity contribution in [1.29, 1.82) is 0 Å². The van der Waals surface area contributed by atoms with Gasteiger partial charge in [0.2, 0.25) is 0 Å². The molecule has 61 heavy (non-hydrogen) atoms. The average Bonchev–Trinajstić information content (AvgIpc) is 3.66. The van der Waals surface area contributed by atoms with Crippen LogP contribution in [-0.4, -0.2) is 79.9 Å². The van der Waals surface area contributed by atoms with Crippen LogP contribution < -0.4 is 0 Å². The van der Waals surface area contributed by atoms with Crippen molar-refractivity contribution in [3.05, 3.63) is 35.5 Å². The van der Waals surface area contributed by atoms with Crippen molar-refractivity contribution in [2.24, 2.45) is 71.0 Å². The highest BCUT2D eigenvalue weighted by Gasteiger charge is 2.52. The number of carbonyl (C=O) groups is 1. The van der Waals surface area contributed by atoms with Crippen LogP contribution in [0.3, 0.4) is 0 Å². The van der Waals surface area contributed by atoms with E-state index in [9.17, 15) is 9.90 Å². The summed E-state index contributed by atoms with van der Waals surface area (Å²) in [4.78, 5) is 14.4. The summed E-state index contributed by atoms with van der Waals surface area (Å²) < 4.78 is 40.2. The molecule has 0 radical (unpaired) electrons. The molecule has 10 unspecified atom stereocenters. The van der Waals surface area contributed by atoms with Gasteiger partial charge in [0, 0.05) is 45.8 Å². The molecule has 0 aromatic carbocycles. The molecule has 3 aliphatic heterocycles. The lowest BCUT2D eigenvalue weighted by Crippen LogP contribution is -2.55. The van der Waals surface area contributed by atoms with Gasteiger partial charge in [-0.2, -0.15) is 0 Å². The molecular formula is C53H86O8. The Labute approximate surface area is 370 Å². The maximum Gasteiger partial charge on any atom is 0.313 e. The predicted octanol–water partition coefficient (Wildman–Crippen LogP) is 11.0. The van der Waals surface area contributed by atoms with Crippen molar-refractivity contribution >= 4 is 5.97 Å². The van der Waals surface area contributed by atoms with E-state index in [0.717, 1.165) is 82.6 Å². The van der Waals surface area contributed by atoms with E-state index < -0.39 is 17.8 Å². The van der Waals surface area contributed by atoms with Crippen molar-refractivity contribution < 1.29 is 38.3 Å². The van der Waals surface area contributed by atoms with Gasteiger partial charge in [0.15, 0.2) is 5.79 Å². The monoisotopic (exact) mass is 851 g/mol. The smallest absolute Gasteiger partial charge is 0.313 e. The summed E-state index contributed by atoms with van der Waals surface area (Å²) in [7, 11) is 3.74.